The van der Waals surface area contributed by atoms with Gasteiger partial charge in [0.25, 0.3) is 5.91 Å². The molecule has 0 aliphatic carbocycles. The van der Waals surface area contributed by atoms with Crippen LogP contribution < -0.4 is 16.0 Å². The highest BCUT2D eigenvalue weighted by molar-refractivity contribution is 5.97. The molecule has 2 aromatic rings. The summed E-state index contributed by atoms with van der Waals surface area (Å²) in [6.45, 7) is 6.78. The Morgan fingerprint density at radius 2 is 1.93 bits per heavy atom. The molecule has 0 radical (unpaired) electrons. The first-order chi connectivity index (χ1) is 14.1. The summed E-state index contributed by atoms with van der Waals surface area (Å²) in [5.74, 6) is 0.709. The fourth-order valence-electron chi connectivity index (χ4n) is 3.64. The zero-order valence-electron chi connectivity index (χ0n) is 17.2. The van der Waals surface area contributed by atoms with Gasteiger partial charge in [-0.1, -0.05) is 12.5 Å². The summed E-state index contributed by atoms with van der Waals surface area (Å²) < 4.78 is 5.63. The summed E-state index contributed by atoms with van der Waals surface area (Å²) in [5.41, 5.74) is 2.04. The van der Waals surface area contributed by atoms with Gasteiger partial charge in [-0.15, -0.1) is 0 Å². The van der Waals surface area contributed by atoms with Gasteiger partial charge in [0.05, 0.1) is 12.3 Å². The lowest BCUT2D eigenvalue weighted by molar-refractivity contribution is 0.0956. The van der Waals surface area contributed by atoms with Gasteiger partial charge < -0.3 is 20.4 Å². The zero-order chi connectivity index (χ0) is 20.6. The molecule has 0 saturated carbocycles. The number of likely N-dealkylation sites (tertiary alicyclic amines) is 1. The van der Waals surface area contributed by atoms with E-state index in [9.17, 15) is 9.59 Å². The van der Waals surface area contributed by atoms with E-state index in [1.807, 2.05) is 32.0 Å². The quantitative estimate of drug-likeness (QED) is 0.664. The van der Waals surface area contributed by atoms with E-state index in [1.165, 1.54) is 6.42 Å². The predicted molar refractivity (Wildman–Crippen MR) is 113 cm³/mol. The summed E-state index contributed by atoms with van der Waals surface area (Å²) in [5, 5.41) is 8.61. The molecule has 3 N–H and O–H groups in total. The van der Waals surface area contributed by atoms with Crippen molar-refractivity contribution in [3.8, 4) is 0 Å². The number of furan rings is 1. The van der Waals surface area contributed by atoms with Gasteiger partial charge in [-0.2, -0.15) is 0 Å². The number of aryl methyl sites for hydroxylation is 1. The van der Waals surface area contributed by atoms with Crippen LogP contribution in [-0.2, 0) is 0 Å². The predicted octanol–water partition coefficient (Wildman–Crippen LogP) is 3.69. The Bertz CT molecular complexity index is 813. The zero-order valence-corrected chi connectivity index (χ0v) is 17.2. The molecule has 2 heterocycles. The standard InChI is InChI=1S/C22H30N4O3/c1-3-23-21(27)17-10-9-16(2)18(14-17)25-22(28)24-15-19(20-8-7-13-29-20)26-11-5-4-6-12-26/h7-10,13-14,19H,3-6,11-12,15H2,1-2H3,(H,23,27)(H2,24,25,28). The molecular weight excluding hydrogens is 368 g/mol. The van der Waals surface area contributed by atoms with Gasteiger partial charge in [-0.25, -0.2) is 4.79 Å². The molecule has 7 nitrogen and oxygen atoms in total. The van der Waals surface area contributed by atoms with Crippen molar-refractivity contribution in [2.75, 3.05) is 31.5 Å². The van der Waals surface area contributed by atoms with Gasteiger partial charge in [0, 0.05) is 24.3 Å². The number of hydrogen-bond donors (Lipinski definition) is 3. The Kier molecular flexibility index (Phi) is 7.30. The number of nitrogens with zero attached hydrogens (tertiary/aromatic N) is 1. The third-order valence-electron chi connectivity index (χ3n) is 5.24. The van der Waals surface area contributed by atoms with E-state index < -0.39 is 0 Å². The molecular formula is C22H30N4O3. The molecule has 156 valence electrons. The summed E-state index contributed by atoms with van der Waals surface area (Å²) >= 11 is 0. The summed E-state index contributed by atoms with van der Waals surface area (Å²) in [4.78, 5) is 27.0. The molecule has 3 amide bonds. The van der Waals surface area contributed by atoms with E-state index in [-0.39, 0.29) is 18.0 Å². The molecule has 29 heavy (non-hydrogen) atoms. The van der Waals surface area contributed by atoms with E-state index in [0.29, 0.717) is 24.3 Å². The normalized spacial score (nSPS) is 15.5. The Morgan fingerprint density at radius 1 is 1.14 bits per heavy atom. The first kappa shape index (κ1) is 20.9. The number of rotatable bonds is 7. The molecule has 1 aliphatic heterocycles. The van der Waals surface area contributed by atoms with Crippen LogP contribution in [0.4, 0.5) is 10.5 Å². The number of nitrogens with one attached hydrogen (secondary N) is 3. The maximum atomic E-state index is 12.6. The summed E-state index contributed by atoms with van der Waals surface area (Å²) in [6, 6.07) is 8.84. The van der Waals surface area contributed by atoms with Gasteiger partial charge in [0.2, 0.25) is 0 Å². The largest absolute Gasteiger partial charge is 0.468 e. The lowest BCUT2D eigenvalue weighted by Crippen LogP contribution is -2.41. The van der Waals surface area contributed by atoms with Crippen molar-refractivity contribution in [1.29, 1.82) is 0 Å². The number of carbonyl (C=O) groups is 2. The number of amides is 3. The van der Waals surface area contributed by atoms with Gasteiger partial charge >= 0.3 is 6.03 Å². The second kappa shape index (κ2) is 10.1. The maximum Gasteiger partial charge on any atom is 0.319 e. The van der Waals surface area contributed by atoms with Gasteiger partial charge in [-0.05, 0) is 69.6 Å². The van der Waals surface area contributed by atoms with Crippen LogP contribution in [0.2, 0.25) is 0 Å². The average molecular weight is 399 g/mol. The highest BCUT2D eigenvalue weighted by atomic mass is 16.3. The lowest BCUT2D eigenvalue weighted by Gasteiger charge is -2.33. The van der Waals surface area contributed by atoms with Crippen LogP contribution in [0, 0.1) is 6.92 Å². The number of urea groups is 1. The van der Waals surface area contributed by atoms with Gasteiger partial charge in [0.15, 0.2) is 0 Å². The van der Waals surface area contributed by atoms with E-state index in [2.05, 4.69) is 20.9 Å². The Hall–Kier alpha value is -2.80. The molecule has 0 spiro atoms. The molecule has 1 saturated heterocycles. The third-order valence-corrected chi connectivity index (χ3v) is 5.24. The second-order valence-electron chi connectivity index (χ2n) is 7.35. The number of carbonyl (C=O) groups excluding carboxylic acids is 2. The fourth-order valence-corrected chi connectivity index (χ4v) is 3.64. The van der Waals surface area contributed by atoms with Crippen molar-refractivity contribution in [2.24, 2.45) is 0 Å². The molecule has 1 aromatic carbocycles. The molecule has 1 atom stereocenters. The summed E-state index contributed by atoms with van der Waals surface area (Å²) in [6.07, 6.45) is 5.24. The minimum absolute atomic E-state index is 0.0128. The van der Waals surface area contributed by atoms with E-state index in [4.69, 9.17) is 4.42 Å². The Balaban J connectivity index is 1.63. The SMILES string of the molecule is CCNC(=O)c1ccc(C)c(NC(=O)NCC(c2ccco2)N2CCCCC2)c1. The van der Waals surface area contributed by atoms with Crippen LogP contribution in [0.15, 0.2) is 41.0 Å². The van der Waals surface area contributed by atoms with Crippen molar-refractivity contribution >= 4 is 17.6 Å². The van der Waals surface area contributed by atoms with Crippen LogP contribution in [0.25, 0.3) is 0 Å². The van der Waals surface area contributed by atoms with E-state index >= 15 is 0 Å². The van der Waals surface area contributed by atoms with Crippen molar-refractivity contribution in [3.63, 3.8) is 0 Å². The average Bonchev–Trinajstić information content (AvgIpc) is 3.25. The maximum absolute atomic E-state index is 12.6. The van der Waals surface area contributed by atoms with Crippen molar-refractivity contribution in [1.82, 2.24) is 15.5 Å². The van der Waals surface area contributed by atoms with Crippen LogP contribution in [0.3, 0.4) is 0 Å². The third kappa shape index (κ3) is 5.60. The Labute approximate surface area is 171 Å². The molecule has 0 bridgehead atoms. The number of anilines is 1. The monoisotopic (exact) mass is 398 g/mol. The van der Waals surface area contributed by atoms with Crippen LogP contribution in [0.1, 0.15) is 53.9 Å². The number of piperidine rings is 1. The van der Waals surface area contributed by atoms with Crippen LogP contribution in [0.5, 0.6) is 0 Å². The minimum atomic E-state index is -0.297. The van der Waals surface area contributed by atoms with E-state index in [1.54, 1.807) is 18.4 Å². The van der Waals surface area contributed by atoms with Gasteiger partial charge in [-0.3, -0.25) is 9.69 Å². The molecule has 1 fully saturated rings. The van der Waals surface area contributed by atoms with Crippen molar-refractivity contribution in [3.05, 3.63) is 53.5 Å². The lowest BCUT2D eigenvalue weighted by atomic mass is 10.1. The fraction of sp³-hybridized carbons (Fsp3) is 0.455. The molecule has 3 rings (SSSR count). The Morgan fingerprint density at radius 3 is 2.62 bits per heavy atom. The smallest absolute Gasteiger partial charge is 0.319 e. The summed E-state index contributed by atoms with van der Waals surface area (Å²) in [7, 11) is 0. The molecule has 1 aromatic heterocycles. The topological polar surface area (TPSA) is 86.6 Å². The van der Waals surface area contributed by atoms with Crippen LogP contribution >= 0.6 is 0 Å². The second-order valence-corrected chi connectivity index (χ2v) is 7.35. The van der Waals surface area contributed by atoms with Crippen LogP contribution in [-0.4, -0.2) is 43.0 Å². The molecule has 1 aliphatic rings. The molecule has 1 unspecified atom stereocenters. The van der Waals surface area contributed by atoms with Gasteiger partial charge in [0.1, 0.15) is 5.76 Å². The first-order valence-corrected chi connectivity index (χ1v) is 10.3. The van der Waals surface area contributed by atoms with E-state index in [0.717, 1.165) is 37.3 Å². The first-order valence-electron chi connectivity index (χ1n) is 10.3. The minimum Gasteiger partial charge on any atom is -0.468 e. The number of benzene rings is 1. The number of hydrogen-bond acceptors (Lipinski definition) is 4. The van der Waals surface area contributed by atoms with Crippen molar-refractivity contribution < 1.29 is 14.0 Å². The molecule has 7 heteroatoms. The van der Waals surface area contributed by atoms with Crippen molar-refractivity contribution in [2.45, 2.75) is 39.2 Å². The highest BCUT2D eigenvalue weighted by Crippen LogP contribution is 2.24. The highest BCUT2D eigenvalue weighted by Gasteiger charge is 2.25.